The smallest absolute Gasteiger partial charge is 0.231 e. The maximum Gasteiger partial charge on any atom is 0.231 e. The Bertz CT molecular complexity index is 951. The van der Waals surface area contributed by atoms with E-state index < -0.39 is 10.0 Å². The van der Waals surface area contributed by atoms with Gasteiger partial charge in [0.05, 0.1) is 29.9 Å². The molecule has 1 fully saturated rings. The van der Waals surface area contributed by atoms with Gasteiger partial charge in [-0.25, -0.2) is 8.42 Å². The van der Waals surface area contributed by atoms with Gasteiger partial charge < -0.3 is 19.5 Å². The van der Waals surface area contributed by atoms with Crippen LogP contribution >= 0.6 is 0 Å². The van der Waals surface area contributed by atoms with Crippen molar-refractivity contribution in [2.24, 2.45) is 0 Å². The number of rotatable bonds is 7. The van der Waals surface area contributed by atoms with Crippen molar-refractivity contribution in [3.05, 3.63) is 30.0 Å². The largest absolute Gasteiger partial charge is 0.454 e. The first-order chi connectivity index (χ1) is 13.9. The Balaban J connectivity index is 1.33. The molecule has 1 saturated heterocycles. The molecular formula is C19H26N4O5S. The maximum absolute atomic E-state index is 12.6. The fourth-order valence-corrected chi connectivity index (χ4v) is 5.19. The Hall–Kier alpha value is -2.14. The van der Waals surface area contributed by atoms with Crippen LogP contribution in [-0.4, -0.2) is 67.3 Å². The number of nitrogens with one attached hydrogen (secondary N) is 2. The quantitative estimate of drug-likeness (QED) is 0.649. The minimum absolute atomic E-state index is 0.0453. The number of H-pyrrole nitrogens is 1. The van der Waals surface area contributed by atoms with Crippen LogP contribution in [0, 0.1) is 0 Å². The third kappa shape index (κ3) is 4.55. The van der Waals surface area contributed by atoms with E-state index in [-0.39, 0.29) is 24.8 Å². The van der Waals surface area contributed by atoms with Crippen molar-refractivity contribution in [2.75, 3.05) is 32.2 Å². The van der Waals surface area contributed by atoms with Crippen LogP contribution in [0.3, 0.4) is 0 Å². The van der Waals surface area contributed by atoms with E-state index in [9.17, 15) is 8.42 Å². The number of fused-ring (bicyclic) bond motifs is 1. The Kier molecular flexibility index (Phi) is 5.77. The van der Waals surface area contributed by atoms with E-state index in [4.69, 9.17) is 14.2 Å². The van der Waals surface area contributed by atoms with Crippen molar-refractivity contribution < 1.29 is 22.6 Å². The second kappa shape index (κ2) is 8.31. The second-order valence-electron chi connectivity index (χ2n) is 7.41. The molecule has 0 radical (unpaired) electrons. The summed E-state index contributed by atoms with van der Waals surface area (Å²) in [6.07, 6.45) is 1.57. The Morgan fingerprint density at radius 2 is 1.97 bits per heavy atom. The molecule has 2 aromatic rings. The molecule has 2 unspecified atom stereocenters. The average Bonchev–Trinajstić information content (AvgIpc) is 3.33. The van der Waals surface area contributed by atoms with Gasteiger partial charge in [-0.3, -0.25) is 5.10 Å². The van der Waals surface area contributed by atoms with Crippen LogP contribution in [0.1, 0.15) is 19.4 Å². The summed E-state index contributed by atoms with van der Waals surface area (Å²) in [6, 6.07) is 5.72. The van der Waals surface area contributed by atoms with E-state index in [0.29, 0.717) is 31.9 Å². The third-order valence-corrected chi connectivity index (χ3v) is 6.82. The molecule has 0 amide bonds. The molecule has 1 aromatic heterocycles. The highest BCUT2D eigenvalue weighted by Crippen LogP contribution is 2.36. The Morgan fingerprint density at radius 1 is 1.21 bits per heavy atom. The minimum atomic E-state index is -3.32. The summed E-state index contributed by atoms with van der Waals surface area (Å²) in [5.41, 5.74) is 2.76. The summed E-state index contributed by atoms with van der Waals surface area (Å²) in [7, 11) is -3.32. The van der Waals surface area contributed by atoms with Gasteiger partial charge in [-0.1, -0.05) is 0 Å². The molecule has 2 N–H and O–H groups in total. The van der Waals surface area contributed by atoms with Crippen LogP contribution in [0.2, 0.25) is 0 Å². The number of nitrogens with zero attached hydrogens (tertiary/aromatic N) is 2. The van der Waals surface area contributed by atoms with Crippen molar-refractivity contribution >= 4 is 10.0 Å². The SMILES string of the molecule is CC1CN(S(=O)(=O)CCNCc2cn[nH]c2-c2ccc3c(c2)OCO3)CC(C)O1. The molecule has 3 heterocycles. The lowest BCUT2D eigenvalue weighted by molar-refractivity contribution is -0.0440. The van der Waals surface area contributed by atoms with E-state index >= 15 is 0 Å². The summed E-state index contributed by atoms with van der Waals surface area (Å²) in [5.74, 6) is 1.48. The average molecular weight is 423 g/mol. The van der Waals surface area contributed by atoms with Gasteiger partial charge in [0, 0.05) is 37.3 Å². The van der Waals surface area contributed by atoms with Crippen molar-refractivity contribution in [2.45, 2.75) is 32.6 Å². The molecule has 10 heteroatoms. The second-order valence-corrected chi connectivity index (χ2v) is 9.49. The van der Waals surface area contributed by atoms with Crippen LogP contribution in [0.25, 0.3) is 11.3 Å². The molecule has 9 nitrogen and oxygen atoms in total. The van der Waals surface area contributed by atoms with E-state index in [2.05, 4.69) is 15.5 Å². The van der Waals surface area contributed by atoms with Gasteiger partial charge >= 0.3 is 0 Å². The number of aromatic nitrogens is 2. The molecule has 0 bridgehead atoms. The van der Waals surface area contributed by atoms with Gasteiger partial charge in [-0.2, -0.15) is 9.40 Å². The van der Waals surface area contributed by atoms with Crippen LogP contribution in [0.15, 0.2) is 24.4 Å². The molecule has 2 aliphatic heterocycles. The molecule has 29 heavy (non-hydrogen) atoms. The van der Waals surface area contributed by atoms with Gasteiger partial charge in [-0.05, 0) is 32.0 Å². The standard InChI is InChI=1S/C19H26N4O5S/c1-13-10-23(11-14(2)28-13)29(24,25)6-5-20-8-16-9-21-22-19(16)15-3-4-17-18(7-15)27-12-26-17/h3-4,7,9,13-14,20H,5-6,8,10-12H2,1-2H3,(H,21,22). The fraction of sp³-hybridized carbons (Fsp3) is 0.526. The number of morpholine rings is 1. The van der Waals surface area contributed by atoms with Crippen LogP contribution in [0.4, 0.5) is 0 Å². The highest BCUT2D eigenvalue weighted by molar-refractivity contribution is 7.89. The molecule has 2 aliphatic rings. The lowest BCUT2D eigenvalue weighted by Gasteiger charge is -2.34. The van der Waals surface area contributed by atoms with Crippen LogP contribution in [-0.2, 0) is 21.3 Å². The van der Waals surface area contributed by atoms with Gasteiger partial charge in [0.25, 0.3) is 0 Å². The van der Waals surface area contributed by atoms with Gasteiger partial charge in [0.1, 0.15) is 0 Å². The third-order valence-electron chi connectivity index (χ3n) is 5.01. The minimum Gasteiger partial charge on any atom is -0.454 e. The summed E-state index contributed by atoms with van der Waals surface area (Å²) < 4.78 is 43.2. The van der Waals surface area contributed by atoms with Crippen LogP contribution in [0.5, 0.6) is 11.5 Å². The molecule has 2 atom stereocenters. The van der Waals surface area contributed by atoms with Gasteiger partial charge in [-0.15, -0.1) is 0 Å². The predicted molar refractivity (Wildman–Crippen MR) is 107 cm³/mol. The van der Waals surface area contributed by atoms with E-state index in [1.165, 1.54) is 4.31 Å². The fourth-order valence-electron chi connectivity index (χ4n) is 3.66. The number of hydrogen-bond donors (Lipinski definition) is 2. The zero-order valence-electron chi connectivity index (χ0n) is 16.6. The molecule has 4 rings (SSSR count). The van der Waals surface area contributed by atoms with Crippen molar-refractivity contribution in [3.63, 3.8) is 0 Å². The summed E-state index contributed by atoms with van der Waals surface area (Å²) in [6.45, 7) is 5.69. The van der Waals surface area contributed by atoms with Crippen LogP contribution < -0.4 is 14.8 Å². The molecule has 0 aliphatic carbocycles. The summed E-state index contributed by atoms with van der Waals surface area (Å²) in [5, 5.41) is 10.4. The lowest BCUT2D eigenvalue weighted by Crippen LogP contribution is -2.49. The number of hydrogen-bond acceptors (Lipinski definition) is 7. The first-order valence-corrected chi connectivity index (χ1v) is 11.3. The van der Waals surface area contributed by atoms with Crippen molar-refractivity contribution in [1.82, 2.24) is 19.8 Å². The Labute approximate surface area is 170 Å². The van der Waals surface area contributed by atoms with Crippen molar-refractivity contribution in [3.8, 4) is 22.8 Å². The first kappa shape index (κ1) is 20.1. The number of aromatic amines is 1. The van der Waals surface area contributed by atoms with E-state index in [1.807, 2.05) is 32.0 Å². The topological polar surface area (TPSA) is 106 Å². The maximum atomic E-state index is 12.6. The predicted octanol–water partition coefficient (Wildman–Crippen LogP) is 1.33. The summed E-state index contributed by atoms with van der Waals surface area (Å²) >= 11 is 0. The zero-order valence-corrected chi connectivity index (χ0v) is 17.4. The molecule has 0 spiro atoms. The number of sulfonamides is 1. The highest BCUT2D eigenvalue weighted by atomic mass is 32.2. The number of ether oxygens (including phenoxy) is 3. The molecule has 1 aromatic carbocycles. The van der Waals surface area contributed by atoms with Crippen molar-refractivity contribution in [1.29, 1.82) is 0 Å². The summed E-state index contributed by atoms with van der Waals surface area (Å²) in [4.78, 5) is 0. The van der Waals surface area contributed by atoms with Gasteiger partial charge in [0.2, 0.25) is 16.8 Å². The highest BCUT2D eigenvalue weighted by Gasteiger charge is 2.30. The monoisotopic (exact) mass is 422 g/mol. The first-order valence-electron chi connectivity index (χ1n) is 9.68. The molecular weight excluding hydrogens is 396 g/mol. The molecule has 0 saturated carbocycles. The van der Waals surface area contributed by atoms with Gasteiger partial charge in [0.15, 0.2) is 11.5 Å². The Morgan fingerprint density at radius 3 is 2.76 bits per heavy atom. The number of benzene rings is 1. The molecule has 158 valence electrons. The zero-order chi connectivity index (χ0) is 20.4. The van der Waals surface area contributed by atoms with E-state index in [0.717, 1.165) is 22.6 Å². The normalized spacial score (nSPS) is 22.1. The van der Waals surface area contributed by atoms with E-state index in [1.54, 1.807) is 6.20 Å². The lowest BCUT2D eigenvalue weighted by atomic mass is 10.1.